The van der Waals surface area contributed by atoms with Crippen molar-refractivity contribution in [3.05, 3.63) is 0 Å². The third-order valence-electron chi connectivity index (χ3n) is 3.06. The normalized spacial score (nSPS) is 26.5. The minimum atomic E-state index is -0.411. The summed E-state index contributed by atoms with van der Waals surface area (Å²) in [5.41, 5.74) is 5.66. The zero-order valence-electron chi connectivity index (χ0n) is 10.7. The summed E-state index contributed by atoms with van der Waals surface area (Å²) >= 11 is 0. The Morgan fingerprint density at radius 1 is 1.50 bits per heavy atom. The maximum absolute atomic E-state index is 11.8. The van der Waals surface area contributed by atoms with E-state index >= 15 is 0 Å². The van der Waals surface area contributed by atoms with Gasteiger partial charge in [0.2, 0.25) is 5.91 Å². The number of carbonyl (C=O) groups is 1. The third kappa shape index (κ3) is 3.76. The van der Waals surface area contributed by atoms with Crippen LogP contribution in [0.1, 0.15) is 40.5 Å². The lowest BCUT2D eigenvalue weighted by atomic mass is 9.93. The maximum atomic E-state index is 11.8. The highest BCUT2D eigenvalue weighted by Crippen LogP contribution is 2.23. The van der Waals surface area contributed by atoms with Crippen molar-refractivity contribution in [2.75, 3.05) is 6.61 Å². The molecule has 0 aromatic rings. The van der Waals surface area contributed by atoms with Crippen LogP contribution in [0.4, 0.5) is 0 Å². The summed E-state index contributed by atoms with van der Waals surface area (Å²) in [7, 11) is 0. The fourth-order valence-corrected chi connectivity index (χ4v) is 1.96. The number of nitrogens with one attached hydrogen (secondary N) is 1. The molecule has 0 aromatic heterocycles. The minimum Gasteiger partial charge on any atom is -0.375 e. The minimum absolute atomic E-state index is 0.0438. The molecule has 16 heavy (non-hydrogen) atoms. The van der Waals surface area contributed by atoms with E-state index in [1.54, 1.807) is 0 Å². The van der Waals surface area contributed by atoms with E-state index in [1.807, 2.05) is 27.7 Å². The van der Waals surface area contributed by atoms with Gasteiger partial charge in [-0.1, -0.05) is 13.8 Å². The molecular formula is C12H24N2O2. The maximum Gasteiger partial charge on any atom is 0.237 e. The van der Waals surface area contributed by atoms with Crippen LogP contribution in [-0.4, -0.2) is 30.2 Å². The number of carbonyl (C=O) groups excluding carboxylic acids is 1. The second-order valence-electron chi connectivity index (χ2n) is 5.58. The summed E-state index contributed by atoms with van der Waals surface area (Å²) in [4.78, 5) is 11.8. The molecule has 1 aliphatic rings. The predicted molar refractivity (Wildman–Crippen MR) is 64.0 cm³/mol. The van der Waals surface area contributed by atoms with E-state index in [0.717, 1.165) is 12.8 Å². The summed E-state index contributed by atoms with van der Waals surface area (Å²) in [6.45, 7) is 8.71. The highest BCUT2D eigenvalue weighted by molar-refractivity contribution is 5.82. The number of nitrogens with two attached hydrogens (primary N) is 1. The van der Waals surface area contributed by atoms with Crippen molar-refractivity contribution >= 4 is 5.91 Å². The molecule has 1 rings (SSSR count). The molecule has 94 valence electrons. The van der Waals surface area contributed by atoms with Crippen molar-refractivity contribution in [3.63, 3.8) is 0 Å². The molecule has 4 nitrogen and oxygen atoms in total. The Kier molecular flexibility index (Phi) is 4.33. The van der Waals surface area contributed by atoms with E-state index < -0.39 is 6.04 Å². The van der Waals surface area contributed by atoms with E-state index in [0.29, 0.717) is 6.61 Å². The first-order valence-electron chi connectivity index (χ1n) is 6.02. The van der Waals surface area contributed by atoms with Gasteiger partial charge < -0.3 is 15.8 Å². The van der Waals surface area contributed by atoms with E-state index in [-0.39, 0.29) is 23.5 Å². The first-order chi connectivity index (χ1) is 7.32. The number of hydrogen-bond donors (Lipinski definition) is 2. The lowest BCUT2D eigenvalue weighted by Gasteiger charge is -2.36. The van der Waals surface area contributed by atoms with Crippen molar-refractivity contribution in [2.45, 2.75) is 58.2 Å². The SMILES string of the molecule is CC(C)[C@@H](N)C(=O)NC1CCOC(C)(C)C1. The van der Waals surface area contributed by atoms with E-state index in [1.165, 1.54) is 0 Å². The van der Waals surface area contributed by atoms with Gasteiger partial charge in [0.05, 0.1) is 11.6 Å². The van der Waals surface area contributed by atoms with E-state index in [9.17, 15) is 4.79 Å². The Bertz CT molecular complexity index is 251. The largest absolute Gasteiger partial charge is 0.375 e. The molecule has 0 saturated carbocycles. The molecule has 4 heteroatoms. The number of amides is 1. The van der Waals surface area contributed by atoms with Crippen LogP contribution in [0.15, 0.2) is 0 Å². The van der Waals surface area contributed by atoms with Crippen LogP contribution in [0.3, 0.4) is 0 Å². The second-order valence-corrected chi connectivity index (χ2v) is 5.58. The predicted octanol–water partition coefficient (Wildman–Crippen LogP) is 1.04. The Labute approximate surface area is 97.9 Å². The van der Waals surface area contributed by atoms with Crippen LogP contribution in [-0.2, 0) is 9.53 Å². The van der Waals surface area contributed by atoms with Crippen molar-refractivity contribution in [1.29, 1.82) is 0 Å². The highest BCUT2D eigenvalue weighted by atomic mass is 16.5. The van der Waals surface area contributed by atoms with E-state index in [4.69, 9.17) is 10.5 Å². The first-order valence-corrected chi connectivity index (χ1v) is 6.02. The molecule has 1 amide bonds. The number of ether oxygens (including phenoxy) is 1. The molecular weight excluding hydrogens is 204 g/mol. The van der Waals surface area contributed by atoms with Crippen molar-refractivity contribution < 1.29 is 9.53 Å². The van der Waals surface area contributed by atoms with Crippen LogP contribution in [0.2, 0.25) is 0 Å². The monoisotopic (exact) mass is 228 g/mol. The van der Waals surface area contributed by atoms with Crippen LogP contribution in [0.25, 0.3) is 0 Å². The van der Waals surface area contributed by atoms with Gasteiger partial charge in [-0.05, 0) is 32.6 Å². The van der Waals surface area contributed by atoms with E-state index in [2.05, 4.69) is 5.32 Å². The molecule has 0 aromatic carbocycles. The molecule has 0 radical (unpaired) electrons. The zero-order valence-corrected chi connectivity index (χ0v) is 10.7. The van der Waals surface area contributed by atoms with Gasteiger partial charge in [0, 0.05) is 12.6 Å². The second kappa shape index (κ2) is 5.15. The number of hydrogen-bond acceptors (Lipinski definition) is 3. The lowest BCUT2D eigenvalue weighted by Crippen LogP contribution is -2.51. The molecule has 0 spiro atoms. The topological polar surface area (TPSA) is 64.4 Å². The van der Waals surface area contributed by atoms with Gasteiger partial charge in [0.15, 0.2) is 0 Å². The molecule has 1 aliphatic heterocycles. The fourth-order valence-electron chi connectivity index (χ4n) is 1.96. The molecule has 1 fully saturated rings. The van der Waals surface area contributed by atoms with Gasteiger partial charge in [-0.2, -0.15) is 0 Å². The Morgan fingerprint density at radius 3 is 2.62 bits per heavy atom. The van der Waals surface area contributed by atoms with Gasteiger partial charge in [-0.25, -0.2) is 0 Å². The summed E-state index contributed by atoms with van der Waals surface area (Å²) in [5, 5.41) is 3.01. The lowest BCUT2D eigenvalue weighted by molar-refractivity contribution is -0.126. The number of rotatable bonds is 3. The van der Waals surface area contributed by atoms with Gasteiger partial charge >= 0.3 is 0 Å². The molecule has 2 atom stereocenters. The quantitative estimate of drug-likeness (QED) is 0.758. The molecule has 1 saturated heterocycles. The fraction of sp³-hybridized carbons (Fsp3) is 0.917. The standard InChI is InChI=1S/C12H24N2O2/c1-8(2)10(13)11(15)14-9-5-6-16-12(3,4)7-9/h8-10H,5-7,13H2,1-4H3,(H,14,15)/t9?,10-/m1/s1. The summed E-state index contributed by atoms with van der Waals surface area (Å²) < 4.78 is 5.60. The first kappa shape index (κ1) is 13.5. The third-order valence-corrected chi connectivity index (χ3v) is 3.06. The van der Waals surface area contributed by atoms with Gasteiger partial charge in [-0.15, -0.1) is 0 Å². The average molecular weight is 228 g/mol. The van der Waals surface area contributed by atoms with Gasteiger partial charge in [-0.3, -0.25) is 4.79 Å². The Balaban J connectivity index is 2.45. The van der Waals surface area contributed by atoms with Crippen LogP contribution < -0.4 is 11.1 Å². The van der Waals surface area contributed by atoms with Gasteiger partial charge in [0.1, 0.15) is 0 Å². The zero-order chi connectivity index (χ0) is 12.3. The Hall–Kier alpha value is -0.610. The van der Waals surface area contributed by atoms with Crippen molar-refractivity contribution in [1.82, 2.24) is 5.32 Å². The molecule has 0 bridgehead atoms. The smallest absolute Gasteiger partial charge is 0.237 e. The molecule has 3 N–H and O–H groups in total. The molecule has 1 heterocycles. The highest BCUT2D eigenvalue weighted by Gasteiger charge is 2.30. The summed E-state index contributed by atoms with van der Waals surface area (Å²) in [5.74, 6) is 0.130. The Morgan fingerprint density at radius 2 is 2.12 bits per heavy atom. The molecule has 0 aliphatic carbocycles. The summed E-state index contributed by atoms with van der Waals surface area (Å²) in [6.07, 6.45) is 1.73. The average Bonchev–Trinajstić information content (AvgIpc) is 2.14. The molecule has 1 unspecified atom stereocenters. The van der Waals surface area contributed by atoms with Crippen LogP contribution in [0.5, 0.6) is 0 Å². The van der Waals surface area contributed by atoms with Gasteiger partial charge in [0.25, 0.3) is 0 Å². The van der Waals surface area contributed by atoms with Crippen molar-refractivity contribution in [3.8, 4) is 0 Å². The summed E-state index contributed by atoms with van der Waals surface area (Å²) in [6, 6.07) is -0.216. The van der Waals surface area contributed by atoms with Crippen molar-refractivity contribution in [2.24, 2.45) is 11.7 Å². The van der Waals surface area contributed by atoms with Crippen LogP contribution >= 0.6 is 0 Å². The van der Waals surface area contributed by atoms with Crippen LogP contribution in [0, 0.1) is 5.92 Å².